The number of pyridine rings is 1. The number of hydrogen-bond donors (Lipinski definition) is 1. The number of nitrogens with zero attached hydrogens (tertiary/aromatic N) is 2. The van der Waals surface area contributed by atoms with Crippen molar-refractivity contribution in [2.45, 2.75) is 0 Å². The van der Waals surface area contributed by atoms with Gasteiger partial charge in [0, 0.05) is 31.8 Å². The van der Waals surface area contributed by atoms with E-state index in [1.54, 1.807) is 25.1 Å². The molecule has 0 saturated carbocycles. The SMILES string of the molecule is COCCN(C)C(=O)c1cc(N)c2ccccc2n1. The molecule has 0 fully saturated rings. The highest BCUT2D eigenvalue weighted by Crippen LogP contribution is 2.20. The minimum Gasteiger partial charge on any atom is -0.398 e. The number of aromatic nitrogens is 1. The van der Waals surface area contributed by atoms with Crippen molar-refractivity contribution in [3.8, 4) is 0 Å². The van der Waals surface area contributed by atoms with Crippen molar-refractivity contribution in [2.24, 2.45) is 0 Å². The molecule has 0 spiro atoms. The van der Waals surface area contributed by atoms with Crippen LogP contribution in [-0.2, 0) is 4.74 Å². The van der Waals surface area contributed by atoms with Crippen LogP contribution in [0.15, 0.2) is 30.3 Å². The first kappa shape index (κ1) is 13.3. The van der Waals surface area contributed by atoms with Gasteiger partial charge in [-0.3, -0.25) is 4.79 Å². The van der Waals surface area contributed by atoms with E-state index < -0.39 is 0 Å². The van der Waals surface area contributed by atoms with E-state index in [9.17, 15) is 4.79 Å². The Bertz CT molecular complexity index is 598. The average Bonchev–Trinajstić information content (AvgIpc) is 2.43. The van der Waals surface area contributed by atoms with Crippen LogP contribution in [0.5, 0.6) is 0 Å². The standard InChI is InChI=1S/C14H17N3O2/c1-17(7-8-19-2)14(18)13-9-11(15)10-5-3-4-6-12(10)16-13/h3-6,9H,7-8H2,1-2H3,(H2,15,16). The molecule has 0 aliphatic heterocycles. The molecule has 5 heteroatoms. The topological polar surface area (TPSA) is 68.5 Å². The summed E-state index contributed by atoms with van der Waals surface area (Å²) in [7, 11) is 3.32. The number of carbonyl (C=O) groups excluding carboxylic acids is 1. The summed E-state index contributed by atoms with van der Waals surface area (Å²) < 4.78 is 4.95. The lowest BCUT2D eigenvalue weighted by atomic mass is 10.1. The van der Waals surface area contributed by atoms with Gasteiger partial charge in [0.2, 0.25) is 0 Å². The summed E-state index contributed by atoms with van der Waals surface area (Å²) in [6, 6.07) is 9.12. The molecule has 2 N–H and O–H groups in total. The number of methoxy groups -OCH3 is 1. The zero-order chi connectivity index (χ0) is 13.8. The summed E-state index contributed by atoms with van der Waals surface area (Å²) in [6.07, 6.45) is 0. The molecule has 0 aliphatic carbocycles. The molecule has 0 atom stereocenters. The van der Waals surface area contributed by atoms with E-state index >= 15 is 0 Å². The van der Waals surface area contributed by atoms with Crippen LogP contribution < -0.4 is 5.73 Å². The molecule has 0 saturated heterocycles. The van der Waals surface area contributed by atoms with E-state index in [1.165, 1.54) is 0 Å². The number of fused-ring (bicyclic) bond motifs is 1. The van der Waals surface area contributed by atoms with E-state index in [-0.39, 0.29) is 5.91 Å². The van der Waals surface area contributed by atoms with Crippen molar-refractivity contribution in [3.05, 3.63) is 36.0 Å². The number of benzene rings is 1. The predicted octanol–water partition coefficient (Wildman–Crippen LogP) is 1.54. The van der Waals surface area contributed by atoms with Gasteiger partial charge >= 0.3 is 0 Å². The van der Waals surface area contributed by atoms with Gasteiger partial charge in [0.25, 0.3) is 5.91 Å². The molecule has 0 bridgehead atoms. The third-order valence-corrected chi connectivity index (χ3v) is 2.94. The van der Waals surface area contributed by atoms with Gasteiger partial charge in [0.15, 0.2) is 0 Å². The molecular formula is C14H17N3O2. The Morgan fingerprint density at radius 2 is 2.16 bits per heavy atom. The summed E-state index contributed by atoms with van der Waals surface area (Å²) in [5, 5.41) is 0.860. The van der Waals surface area contributed by atoms with E-state index in [0.717, 1.165) is 10.9 Å². The fourth-order valence-corrected chi connectivity index (χ4v) is 1.84. The van der Waals surface area contributed by atoms with Gasteiger partial charge in [0.1, 0.15) is 5.69 Å². The van der Waals surface area contributed by atoms with E-state index in [1.807, 2.05) is 24.3 Å². The Hall–Kier alpha value is -2.14. The maximum absolute atomic E-state index is 12.2. The molecule has 1 amide bonds. The number of amides is 1. The van der Waals surface area contributed by atoms with Gasteiger partial charge in [0.05, 0.1) is 12.1 Å². The van der Waals surface area contributed by atoms with E-state index in [4.69, 9.17) is 10.5 Å². The minimum atomic E-state index is -0.158. The maximum atomic E-state index is 12.2. The van der Waals surface area contributed by atoms with Crippen LogP contribution in [0.2, 0.25) is 0 Å². The van der Waals surface area contributed by atoms with Crippen molar-refractivity contribution in [2.75, 3.05) is 33.0 Å². The zero-order valence-electron chi connectivity index (χ0n) is 11.1. The smallest absolute Gasteiger partial charge is 0.272 e. The number of ether oxygens (including phenoxy) is 1. The lowest BCUT2D eigenvalue weighted by Gasteiger charge is -2.16. The molecule has 5 nitrogen and oxygen atoms in total. The second kappa shape index (κ2) is 5.67. The number of para-hydroxylation sites is 1. The highest BCUT2D eigenvalue weighted by Gasteiger charge is 2.14. The molecule has 2 rings (SSSR count). The van der Waals surface area contributed by atoms with Gasteiger partial charge in [-0.2, -0.15) is 0 Å². The van der Waals surface area contributed by atoms with E-state index in [2.05, 4.69) is 4.98 Å². The van der Waals surface area contributed by atoms with Crippen molar-refractivity contribution in [3.63, 3.8) is 0 Å². The van der Waals surface area contributed by atoms with Gasteiger partial charge in [-0.15, -0.1) is 0 Å². The third kappa shape index (κ3) is 2.82. The number of likely N-dealkylation sites (N-methyl/N-ethyl adjacent to an activating group) is 1. The quantitative estimate of drug-likeness (QED) is 0.904. The number of carbonyl (C=O) groups is 1. The Balaban J connectivity index is 2.32. The van der Waals surface area contributed by atoms with Crippen molar-refractivity contribution in [1.29, 1.82) is 0 Å². The Labute approximate surface area is 112 Å². The van der Waals surface area contributed by atoms with Gasteiger partial charge < -0.3 is 15.4 Å². The third-order valence-electron chi connectivity index (χ3n) is 2.94. The molecule has 2 aromatic rings. The average molecular weight is 259 g/mol. The molecule has 1 aromatic heterocycles. The molecule has 0 aliphatic rings. The number of anilines is 1. The summed E-state index contributed by atoms with van der Waals surface area (Å²) in [6.45, 7) is 1.01. The highest BCUT2D eigenvalue weighted by atomic mass is 16.5. The first-order valence-corrected chi connectivity index (χ1v) is 6.03. The van der Waals surface area contributed by atoms with Gasteiger partial charge in [-0.25, -0.2) is 4.98 Å². The predicted molar refractivity (Wildman–Crippen MR) is 75.0 cm³/mol. The van der Waals surface area contributed by atoms with Crippen LogP contribution in [0, 0.1) is 0 Å². The molecule has 1 aromatic carbocycles. The van der Waals surface area contributed by atoms with E-state index in [0.29, 0.717) is 24.5 Å². The molecule has 0 unspecified atom stereocenters. The first-order valence-electron chi connectivity index (χ1n) is 6.03. The second-order valence-electron chi connectivity index (χ2n) is 4.33. The van der Waals surface area contributed by atoms with Crippen LogP contribution in [-0.4, -0.2) is 43.1 Å². The Kier molecular flexibility index (Phi) is 3.97. The number of hydrogen-bond acceptors (Lipinski definition) is 4. The maximum Gasteiger partial charge on any atom is 0.272 e. The summed E-state index contributed by atoms with van der Waals surface area (Å²) >= 11 is 0. The molecule has 0 radical (unpaired) electrons. The Morgan fingerprint density at radius 1 is 1.42 bits per heavy atom. The number of nitrogens with two attached hydrogens (primary N) is 1. The number of nitrogen functional groups attached to an aromatic ring is 1. The normalized spacial score (nSPS) is 10.6. The first-order chi connectivity index (χ1) is 9.13. The molecule has 19 heavy (non-hydrogen) atoms. The zero-order valence-corrected chi connectivity index (χ0v) is 11.1. The van der Waals surface area contributed by atoms with Crippen molar-refractivity contribution >= 4 is 22.5 Å². The summed E-state index contributed by atoms with van der Waals surface area (Å²) in [5.41, 5.74) is 7.61. The highest BCUT2D eigenvalue weighted by molar-refractivity contribution is 5.99. The second-order valence-corrected chi connectivity index (χ2v) is 4.33. The summed E-state index contributed by atoms with van der Waals surface area (Å²) in [5.74, 6) is -0.158. The van der Waals surface area contributed by atoms with Crippen molar-refractivity contribution in [1.82, 2.24) is 9.88 Å². The largest absolute Gasteiger partial charge is 0.398 e. The lowest BCUT2D eigenvalue weighted by molar-refractivity contribution is 0.0739. The van der Waals surface area contributed by atoms with Gasteiger partial charge in [-0.05, 0) is 12.1 Å². The van der Waals surface area contributed by atoms with Gasteiger partial charge in [-0.1, -0.05) is 18.2 Å². The molecular weight excluding hydrogens is 242 g/mol. The fraction of sp³-hybridized carbons (Fsp3) is 0.286. The monoisotopic (exact) mass is 259 g/mol. The van der Waals surface area contributed by atoms with Crippen LogP contribution in [0.3, 0.4) is 0 Å². The minimum absolute atomic E-state index is 0.158. The van der Waals surface area contributed by atoms with Crippen LogP contribution >= 0.6 is 0 Å². The fourth-order valence-electron chi connectivity index (χ4n) is 1.84. The van der Waals surface area contributed by atoms with Crippen LogP contribution in [0.1, 0.15) is 10.5 Å². The lowest BCUT2D eigenvalue weighted by Crippen LogP contribution is -2.30. The Morgan fingerprint density at radius 3 is 2.89 bits per heavy atom. The summed E-state index contributed by atoms with van der Waals surface area (Å²) in [4.78, 5) is 18.1. The van der Waals surface area contributed by atoms with Crippen LogP contribution in [0.25, 0.3) is 10.9 Å². The van der Waals surface area contributed by atoms with Crippen molar-refractivity contribution < 1.29 is 9.53 Å². The molecule has 1 heterocycles. The molecule has 100 valence electrons. The number of rotatable bonds is 4. The van der Waals surface area contributed by atoms with Crippen LogP contribution in [0.4, 0.5) is 5.69 Å².